The lowest BCUT2D eigenvalue weighted by Gasteiger charge is -2.16. The van der Waals surface area contributed by atoms with Crippen LogP contribution in [0.25, 0.3) is 6.08 Å². The maximum Gasteiger partial charge on any atom is 0.250 e. The van der Waals surface area contributed by atoms with Gasteiger partial charge in [0.2, 0.25) is 10.0 Å². The molecule has 0 aliphatic heterocycles. The van der Waals surface area contributed by atoms with Crippen molar-refractivity contribution < 1.29 is 21.6 Å². The lowest BCUT2D eigenvalue weighted by Crippen LogP contribution is -2.25. The van der Waals surface area contributed by atoms with Gasteiger partial charge in [-0.25, -0.2) is 21.6 Å². The number of halogens is 1. The van der Waals surface area contributed by atoms with Crippen molar-refractivity contribution in [2.24, 2.45) is 0 Å². The molecule has 8 nitrogen and oxygen atoms in total. The molecule has 0 aliphatic carbocycles. The van der Waals surface area contributed by atoms with Crippen LogP contribution in [0.5, 0.6) is 0 Å². The van der Waals surface area contributed by atoms with Crippen LogP contribution in [-0.2, 0) is 31.2 Å². The third-order valence-corrected chi connectivity index (χ3v) is 7.31. The smallest absolute Gasteiger partial charge is 0.250 e. The molecule has 0 bridgehead atoms. The second kappa shape index (κ2) is 11.4. The number of amides is 1. The molecule has 0 aliphatic rings. The van der Waals surface area contributed by atoms with E-state index in [1.54, 1.807) is 61.8 Å². The van der Waals surface area contributed by atoms with Gasteiger partial charge in [0.25, 0.3) is 5.91 Å². The van der Waals surface area contributed by atoms with Crippen LogP contribution in [0.4, 0.5) is 5.69 Å². The van der Waals surface area contributed by atoms with Crippen molar-refractivity contribution in [1.29, 1.82) is 0 Å². The summed E-state index contributed by atoms with van der Waals surface area (Å²) >= 11 is 0. The summed E-state index contributed by atoms with van der Waals surface area (Å²) < 4.78 is 50.5. The molecule has 1 heterocycles. The Bertz CT molecular complexity index is 1360. The minimum absolute atomic E-state index is 0. The summed E-state index contributed by atoms with van der Waals surface area (Å²) in [6.45, 7) is 0.0687. The summed E-state index contributed by atoms with van der Waals surface area (Å²) in [6, 6.07) is 17.4. The largest absolute Gasteiger partial charge is 0.312 e. The van der Waals surface area contributed by atoms with Crippen LogP contribution in [0, 0.1) is 0 Å². The Labute approximate surface area is 205 Å². The first-order chi connectivity index (χ1) is 15.6. The Balaban J connectivity index is 0.00000408. The zero-order valence-electron chi connectivity index (χ0n) is 18.5. The molecule has 3 rings (SSSR count). The fraction of sp³-hybridized carbons (Fsp3) is 0.130. The van der Waals surface area contributed by atoms with Crippen LogP contribution >= 0.6 is 12.4 Å². The third kappa shape index (κ3) is 7.22. The number of sulfone groups is 1. The minimum Gasteiger partial charge on any atom is -0.312 e. The average Bonchev–Trinajstić information content (AvgIpc) is 2.81. The number of nitrogens with zero attached hydrogens (tertiary/aromatic N) is 2. The van der Waals surface area contributed by atoms with Gasteiger partial charge in [0.15, 0.2) is 9.84 Å². The Morgan fingerprint density at radius 2 is 1.56 bits per heavy atom. The van der Waals surface area contributed by atoms with E-state index in [4.69, 9.17) is 0 Å². The molecule has 0 fully saturated rings. The van der Waals surface area contributed by atoms with Gasteiger partial charge in [-0.05, 0) is 60.2 Å². The second-order valence-corrected chi connectivity index (χ2v) is 11.0. The van der Waals surface area contributed by atoms with Crippen LogP contribution in [0.1, 0.15) is 11.3 Å². The van der Waals surface area contributed by atoms with Gasteiger partial charge < -0.3 is 4.90 Å². The van der Waals surface area contributed by atoms with Gasteiger partial charge in [-0.2, -0.15) is 0 Å². The summed E-state index contributed by atoms with van der Waals surface area (Å²) in [6.07, 6.45) is 5.65. The molecule has 34 heavy (non-hydrogen) atoms. The number of anilines is 1. The van der Waals surface area contributed by atoms with Gasteiger partial charge in [-0.15, -0.1) is 12.4 Å². The monoisotopic (exact) mass is 521 g/mol. The topological polar surface area (TPSA) is 114 Å². The molecule has 0 radical (unpaired) electrons. The van der Waals surface area contributed by atoms with Gasteiger partial charge in [0.1, 0.15) is 0 Å². The molecule has 1 aromatic heterocycles. The molecule has 3 aromatic rings. The molecule has 180 valence electrons. The minimum atomic E-state index is -3.73. The number of nitrogens with one attached hydrogen (secondary N) is 1. The van der Waals surface area contributed by atoms with Crippen molar-refractivity contribution in [2.45, 2.75) is 16.3 Å². The zero-order valence-corrected chi connectivity index (χ0v) is 20.9. The van der Waals surface area contributed by atoms with Gasteiger partial charge in [-0.1, -0.05) is 18.2 Å². The highest BCUT2D eigenvalue weighted by Crippen LogP contribution is 2.18. The highest BCUT2D eigenvalue weighted by molar-refractivity contribution is 7.90. The maximum atomic E-state index is 12.5. The summed E-state index contributed by atoms with van der Waals surface area (Å²) in [7, 11) is -5.44. The highest BCUT2D eigenvalue weighted by Gasteiger charge is 2.15. The van der Waals surface area contributed by atoms with E-state index in [0.717, 1.165) is 6.26 Å². The molecule has 1 N–H and O–H groups in total. The molecule has 0 spiro atoms. The van der Waals surface area contributed by atoms with E-state index in [-0.39, 0.29) is 34.6 Å². The van der Waals surface area contributed by atoms with Crippen molar-refractivity contribution in [3.8, 4) is 0 Å². The van der Waals surface area contributed by atoms with Crippen molar-refractivity contribution in [2.75, 3.05) is 18.2 Å². The lowest BCUT2D eigenvalue weighted by atomic mass is 10.2. The molecule has 0 saturated heterocycles. The molecule has 0 saturated carbocycles. The van der Waals surface area contributed by atoms with E-state index in [1.807, 2.05) is 0 Å². The predicted molar refractivity (Wildman–Crippen MR) is 134 cm³/mol. The maximum absolute atomic E-state index is 12.5. The van der Waals surface area contributed by atoms with Crippen LogP contribution in [0.3, 0.4) is 0 Å². The van der Waals surface area contributed by atoms with E-state index in [2.05, 4.69) is 9.71 Å². The Kier molecular flexibility index (Phi) is 9.11. The van der Waals surface area contributed by atoms with Gasteiger partial charge in [-0.3, -0.25) is 9.78 Å². The number of carbonyl (C=O) groups excluding carboxylic acids is 1. The van der Waals surface area contributed by atoms with Crippen LogP contribution < -0.4 is 9.62 Å². The zero-order chi connectivity index (χ0) is 24.1. The number of likely N-dealkylation sites (N-methyl/N-ethyl adjacent to an activating group) is 1. The number of benzene rings is 2. The Hall–Kier alpha value is -3.05. The van der Waals surface area contributed by atoms with E-state index in [1.165, 1.54) is 35.2 Å². The number of sulfonamides is 1. The summed E-state index contributed by atoms with van der Waals surface area (Å²) in [5.74, 6) is -0.328. The third-order valence-electron chi connectivity index (χ3n) is 4.76. The van der Waals surface area contributed by atoms with Gasteiger partial charge in [0, 0.05) is 31.3 Å². The summed E-state index contributed by atoms with van der Waals surface area (Å²) in [5, 5.41) is 0. The average molecular weight is 522 g/mol. The van der Waals surface area contributed by atoms with Crippen LogP contribution in [0.15, 0.2) is 88.8 Å². The lowest BCUT2D eigenvalue weighted by molar-refractivity contribution is -0.113. The van der Waals surface area contributed by atoms with Crippen molar-refractivity contribution >= 4 is 49.9 Å². The quantitative estimate of drug-likeness (QED) is 0.456. The van der Waals surface area contributed by atoms with Gasteiger partial charge in [0.05, 0.1) is 22.0 Å². The molecule has 1 amide bonds. The number of hydrogen-bond acceptors (Lipinski definition) is 6. The number of aromatic nitrogens is 1. The van der Waals surface area contributed by atoms with Crippen LogP contribution in [-0.4, -0.2) is 41.0 Å². The fourth-order valence-corrected chi connectivity index (χ4v) is 4.47. The number of rotatable bonds is 8. The predicted octanol–water partition coefficient (Wildman–Crippen LogP) is 3.06. The first-order valence-corrected chi connectivity index (χ1v) is 13.2. The molecule has 2 aromatic carbocycles. The molecule has 11 heteroatoms. The first kappa shape index (κ1) is 27.2. The Morgan fingerprint density at radius 3 is 2.12 bits per heavy atom. The second-order valence-electron chi connectivity index (χ2n) is 7.21. The number of carbonyl (C=O) groups is 1. The number of pyridine rings is 1. The Morgan fingerprint density at radius 1 is 0.941 bits per heavy atom. The summed E-state index contributed by atoms with van der Waals surface area (Å²) in [4.78, 5) is 18.2. The summed E-state index contributed by atoms with van der Waals surface area (Å²) in [5.41, 5.74) is 1.78. The number of hydrogen-bond donors (Lipinski definition) is 1. The van der Waals surface area contributed by atoms with E-state index in [9.17, 15) is 21.6 Å². The standard InChI is InChI=1S/C23H23N3O5S2.ClH/c1-26(23(27)15-8-18-6-11-21(12-7-18)32(2,28)29)20-9-13-22(14-10-20)33(30,31)25-17-19-5-3-4-16-24-19;/h3-16,25H,17H2,1-2H3;1H. The molecular formula is C23H24ClN3O5S2. The molecule has 0 unspecified atom stereocenters. The normalized spacial score (nSPS) is 11.7. The van der Waals surface area contributed by atoms with E-state index in [0.29, 0.717) is 16.9 Å². The molecule has 0 atom stereocenters. The first-order valence-electron chi connectivity index (χ1n) is 9.82. The van der Waals surface area contributed by atoms with Crippen LogP contribution in [0.2, 0.25) is 0 Å². The van der Waals surface area contributed by atoms with E-state index < -0.39 is 19.9 Å². The fourth-order valence-electron chi connectivity index (χ4n) is 2.84. The highest BCUT2D eigenvalue weighted by atomic mass is 35.5. The van der Waals surface area contributed by atoms with Crippen molar-refractivity contribution in [3.63, 3.8) is 0 Å². The van der Waals surface area contributed by atoms with Gasteiger partial charge >= 0.3 is 0 Å². The van der Waals surface area contributed by atoms with Crippen molar-refractivity contribution in [1.82, 2.24) is 9.71 Å². The SMILES string of the molecule is CN(C(=O)C=Cc1ccc(S(C)(=O)=O)cc1)c1ccc(S(=O)(=O)NCc2ccccn2)cc1.Cl. The molecular weight excluding hydrogens is 498 g/mol. The van der Waals surface area contributed by atoms with Crippen molar-refractivity contribution in [3.05, 3.63) is 90.3 Å². The van der Waals surface area contributed by atoms with E-state index >= 15 is 0 Å².